The number of nitrogens with two attached hydrogens (primary N) is 1. The molecule has 26 heavy (non-hydrogen) atoms. The number of nitrogens with zero attached hydrogens (tertiary/aromatic N) is 1. The van der Waals surface area contributed by atoms with Gasteiger partial charge in [-0.05, 0) is 51.1 Å². The number of benzene rings is 2. The number of anilines is 1. The van der Waals surface area contributed by atoms with Gasteiger partial charge in [0.2, 0.25) is 0 Å². The van der Waals surface area contributed by atoms with Gasteiger partial charge in [0.05, 0.1) is 16.6 Å². The highest BCUT2D eigenvalue weighted by molar-refractivity contribution is 6.42. The van der Waals surface area contributed by atoms with Crippen molar-refractivity contribution in [1.29, 1.82) is 0 Å². The van der Waals surface area contributed by atoms with Crippen molar-refractivity contribution in [3.05, 3.63) is 52.0 Å². The van der Waals surface area contributed by atoms with E-state index in [1.807, 2.05) is 20.8 Å². The Balaban J connectivity index is 2.21. The molecule has 0 heterocycles. The third-order valence-corrected chi connectivity index (χ3v) is 4.06. The summed E-state index contributed by atoms with van der Waals surface area (Å²) in [6.45, 7) is 5.73. The van der Waals surface area contributed by atoms with Crippen LogP contribution in [-0.2, 0) is 11.3 Å². The molecule has 2 rings (SSSR count). The van der Waals surface area contributed by atoms with Crippen LogP contribution in [0.1, 0.15) is 26.3 Å². The van der Waals surface area contributed by atoms with Crippen molar-refractivity contribution < 1.29 is 14.3 Å². The largest absolute Gasteiger partial charge is 0.457 e. The molecule has 0 aliphatic heterocycles. The normalized spacial score (nSPS) is 11.2. The number of nitrogen functional groups attached to an aromatic ring is 1. The second-order valence-corrected chi connectivity index (χ2v) is 7.70. The summed E-state index contributed by atoms with van der Waals surface area (Å²) in [6.07, 6.45) is -0.430. The van der Waals surface area contributed by atoms with Gasteiger partial charge in [-0.25, -0.2) is 4.79 Å². The topological polar surface area (TPSA) is 64.8 Å². The standard InChI is InChI=1S/C19H22Cl2N2O3/c1-19(2,3)26-18(24)23(4)11-12-9-13(22)5-8-17(12)25-14-6-7-15(20)16(21)10-14/h5-10H,11,22H2,1-4H3. The maximum absolute atomic E-state index is 12.2. The van der Waals surface area contributed by atoms with E-state index in [9.17, 15) is 4.79 Å². The summed E-state index contributed by atoms with van der Waals surface area (Å²) >= 11 is 12.0. The Bertz CT molecular complexity index is 804. The van der Waals surface area contributed by atoms with Gasteiger partial charge in [0.1, 0.15) is 17.1 Å². The lowest BCUT2D eigenvalue weighted by Crippen LogP contribution is -2.33. The molecule has 0 aliphatic carbocycles. The Hall–Kier alpha value is -2.11. The van der Waals surface area contributed by atoms with Crippen LogP contribution in [0.3, 0.4) is 0 Å². The molecule has 2 N–H and O–H groups in total. The monoisotopic (exact) mass is 396 g/mol. The van der Waals surface area contributed by atoms with Crippen LogP contribution in [0.25, 0.3) is 0 Å². The molecule has 2 aromatic rings. The Morgan fingerprint density at radius 3 is 2.42 bits per heavy atom. The highest BCUT2D eigenvalue weighted by Gasteiger charge is 2.20. The molecule has 0 radical (unpaired) electrons. The first-order valence-electron chi connectivity index (χ1n) is 8.00. The van der Waals surface area contributed by atoms with E-state index in [-0.39, 0.29) is 6.54 Å². The van der Waals surface area contributed by atoms with Crippen molar-refractivity contribution >= 4 is 35.0 Å². The quantitative estimate of drug-likeness (QED) is 0.669. The summed E-state index contributed by atoms with van der Waals surface area (Å²) in [5, 5.41) is 0.841. The number of hydrogen-bond acceptors (Lipinski definition) is 4. The summed E-state index contributed by atoms with van der Waals surface area (Å²) in [4.78, 5) is 13.7. The van der Waals surface area contributed by atoms with Crippen molar-refractivity contribution in [1.82, 2.24) is 4.90 Å². The lowest BCUT2D eigenvalue weighted by atomic mass is 10.1. The zero-order valence-electron chi connectivity index (χ0n) is 15.2. The molecule has 0 aliphatic rings. The molecule has 1 amide bonds. The molecule has 5 nitrogen and oxygen atoms in total. The molecule has 7 heteroatoms. The predicted octanol–water partition coefficient (Wildman–Crippen LogP) is 5.73. The SMILES string of the molecule is CN(Cc1cc(N)ccc1Oc1ccc(Cl)c(Cl)c1)C(=O)OC(C)(C)C. The molecule has 0 atom stereocenters. The summed E-state index contributed by atoms with van der Waals surface area (Å²) in [5.41, 5.74) is 6.63. The Morgan fingerprint density at radius 2 is 1.81 bits per heavy atom. The van der Waals surface area contributed by atoms with Crippen LogP contribution in [0.4, 0.5) is 10.5 Å². The maximum Gasteiger partial charge on any atom is 0.410 e. The third-order valence-electron chi connectivity index (χ3n) is 3.32. The van der Waals surface area contributed by atoms with Crippen molar-refractivity contribution in [2.24, 2.45) is 0 Å². The lowest BCUT2D eigenvalue weighted by Gasteiger charge is -2.25. The van der Waals surface area contributed by atoms with Gasteiger partial charge in [-0.3, -0.25) is 0 Å². The van der Waals surface area contributed by atoms with Gasteiger partial charge in [-0.15, -0.1) is 0 Å². The molecule has 2 aromatic carbocycles. The number of ether oxygens (including phenoxy) is 2. The molecule has 0 fully saturated rings. The average Bonchev–Trinajstić information content (AvgIpc) is 2.52. The van der Waals surface area contributed by atoms with Gasteiger partial charge in [0.25, 0.3) is 0 Å². The van der Waals surface area contributed by atoms with Crippen molar-refractivity contribution in [2.75, 3.05) is 12.8 Å². The molecule has 0 saturated carbocycles. The van der Waals surface area contributed by atoms with E-state index >= 15 is 0 Å². The van der Waals surface area contributed by atoms with E-state index in [4.69, 9.17) is 38.4 Å². The number of halogens is 2. The zero-order chi connectivity index (χ0) is 19.5. The Morgan fingerprint density at radius 1 is 1.12 bits per heavy atom. The van der Waals surface area contributed by atoms with Crippen LogP contribution < -0.4 is 10.5 Å². The summed E-state index contributed by atoms with van der Waals surface area (Å²) in [5.74, 6) is 1.10. The average molecular weight is 397 g/mol. The Kier molecular flexibility index (Phi) is 6.26. The smallest absolute Gasteiger partial charge is 0.410 e. The number of carbonyl (C=O) groups is 1. The molecule has 0 spiro atoms. The van der Waals surface area contributed by atoms with E-state index in [0.29, 0.717) is 27.2 Å². The van der Waals surface area contributed by atoms with Crippen LogP contribution in [0.5, 0.6) is 11.5 Å². The summed E-state index contributed by atoms with van der Waals surface area (Å²) < 4.78 is 11.3. The summed E-state index contributed by atoms with van der Waals surface area (Å²) in [6, 6.07) is 10.2. The molecule has 0 saturated heterocycles. The number of carbonyl (C=O) groups excluding carboxylic acids is 1. The van der Waals surface area contributed by atoms with Crippen LogP contribution >= 0.6 is 23.2 Å². The minimum absolute atomic E-state index is 0.274. The van der Waals surface area contributed by atoms with E-state index in [1.165, 1.54) is 4.90 Å². The first kappa shape index (κ1) is 20.2. The Labute approximate surface area is 163 Å². The number of rotatable bonds is 4. The maximum atomic E-state index is 12.2. The fraction of sp³-hybridized carbons (Fsp3) is 0.316. The minimum atomic E-state index is -0.569. The minimum Gasteiger partial charge on any atom is -0.457 e. The van der Waals surface area contributed by atoms with Gasteiger partial charge in [0, 0.05) is 24.4 Å². The molecular formula is C19H22Cl2N2O3. The predicted molar refractivity (Wildman–Crippen MR) is 105 cm³/mol. The van der Waals surface area contributed by atoms with E-state index in [2.05, 4.69) is 0 Å². The third kappa shape index (κ3) is 5.71. The van der Waals surface area contributed by atoms with Gasteiger partial charge in [-0.1, -0.05) is 23.2 Å². The lowest BCUT2D eigenvalue weighted by molar-refractivity contribution is 0.0284. The van der Waals surface area contributed by atoms with E-state index in [1.54, 1.807) is 43.4 Å². The van der Waals surface area contributed by atoms with Crippen molar-refractivity contribution in [2.45, 2.75) is 32.9 Å². The van der Waals surface area contributed by atoms with Crippen molar-refractivity contribution in [3.8, 4) is 11.5 Å². The van der Waals surface area contributed by atoms with E-state index in [0.717, 1.165) is 5.56 Å². The van der Waals surface area contributed by atoms with Crippen LogP contribution in [0.2, 0.25) is 10.0 Å². The zero-order valence-corrected chi connectivity index (χ0v) is 16.7. The molecule has 140 valence electrons. The summed E-state index contributed by atoms with van der Waals surface area (Å²) in [7, 11) is 1.65. The first-order chi connectivity index (χ1) is 12.0. The molecule has 0 unspecified atom stereocenters. The highest BCUT2D eigenvalue weighted by atomic mass is 35.5. The number of hydrogen-bond donors (Lipinski definition) is 1. The van der Waals surface area contributed by atoms with Crippen LogP contribution in [-0.4, -0.2) is 23.6 Å². The second kappa shape index (κ2) is 8.06. The van der Waals surface area contributed by atoms with E-state index < -0.39 is 11.7 Å². The molecule has 0 aromatic heterocycles. The van der Waals surface area contributed by atoms with Crippen LogP contribution in [0.15, 0.2) is 36.4 Å². The number of amides is 1. The van der Waals surface area contributed by atoms with Gasteiger partial charge < -0.3 is 20.1 Å². The van der Waals surface area contributed by atoms with Gasteiger partial charge in [-0.2, -0.15) is 0 Å². The van der Waals surface area contributed by atoms with Gasteiger partial charge in [0.15, 0.2) is 0 Å². The molecule has 0 bridgehead atoms. The highest BCUT2D eigenvalue weighted by Crippen LogP contribution is 2.32. The fourth-order valence-electron chi connectivity index (χ4n) is 2.15. The fourth-order valence-corrected chi connectivity index (χ4v) is 2.44. The second-order valence-electron chi connectivity index (χ2n) is 6.88. The first-order valence-corrected chi connectivity index (χ1v) is 8.76. The van der Waals surface area contributed by atoms with Crippen LogP contribution in [0, 0.1) is 0 Å². The molecular weight excluding hydrogens is 375 g/mol. The van der Waals surface area contributed by atoms with Gasteiger partial charge >= 0.3 is 6.09 Å². The van der Waals surface area contributed by atoms with Crippen molar-refractivity contribution in [3.63, 3.8) is 0 Å².